The summed E-state index contributed by atoms with van der Waals surface area (Å²) in [5, 5.41) is 15.7. The molecule has 3 saturated heterocycles. The van der Waals surface area contributed by atoms with Crippen LogP contribution in [0.15, 0.2) is 0 Å². The topological polar surface area (TPSA) is 100 Å². The zero-order chi connectivity index (χ0) is 19.8. The molecule has 3 aliphatic heterocycles. The molecule has 0 aromatic carbocycles. The molecule has 10 heteroatoms. The van der Waals surface area contributed by atoms with Crippen molar-refractivity contribution >= 4 is 11.9 Å². The Morgan fingerprint density at radius 2 is 2.07 bits per heavy atom. The third-order valence-corrected chi connectivity index (χ3v) is 5.09. The van der Waals surface area contributed by atoms with E-state index in [2.05, 4.69) is 10.6 Å². The van der Waals surface area contributed by atoms with Gasteiger partial charge in [-0.2, -0.15) is 0 Å². The van der Waals surface area contributed by atoms with Gasteiger partial charge in [0, 0.05) is 32.0 Å². The highest BCUT2D eigenvalue weighted by atomic mass is 19.3. The first kappa shape index (κ1) is 20.2. The predicted octanol–water partition coefficient (Wildman–Crippen LogP) is 0.238. The van der Waals surface area contributed by atoms with Gasteiger partial charge in [-0.05, 0) is 13.8 Å². The largest absolute Gasteiger partial charge is 0.388 e. The Bertz CT molecular complexity index is 577. The SMILES string of the molecule is CC(C)NC(=O)NC[C@H]1O[C@@H]2C[C@@H](CC(=O)N3CCC(F)(F)C3)O[C@@H]2[C@@H]1O. The number of fused-ring (bicyclic) bond motifs is 1. The number of amides is 3. The second kappa shape index (κ2) is 7.84. The molecule has 0 aromatic rings. The minimum atomic E-state index is -2.82. The van der Waals surface area contributed by atoms with Gasteiger partial charge in [0.1, 0.15) is 18.3 Å². The summed E-state index contributed by atoms with van der Waals surface area (Å²) in [7, 11) is 0. The monoisotopic (exact) mass is 391 g/mol. The highest BCUT2D eigenvalue weighted by Gasteiger charge is 2.51. The lowest BCUT2D eigenvalue weighted by Crippen LogP contribution is -2.45. The number of carbonyl (C=O) groups excluding carboxylic acids is 2. The lowest BCUT2D eigenvalue weighted by atomic mass is 10.1. The molecule has 8 nitrogen and oxygen atoms in total. The fraction of sp³-hybridized carbons (Fsp3) is 0.882. The third kappa shape index (κ3) is 4.85. The molecule has 27 heavy (non-hydrogen) atoms. The van der Waals surface area contributed by atoms with E-state index in [4.69, 9.17) is 9.47 Å². The first-order valence-corrected chi connectivity index (χ1v) is 9.33. The van der Waals surface area contributed by atoms with Crippen molar-refractivity contribution in [2.45, 2.75) is 75.6 Å². The molecule has 0 aliphatic carbocycles. The number of ether oxygens (including phenoxy) is 2. The Kier molecular flexibility index (Phi) is 5.87. The van der Waals surface area contributed by atoms with Crippen molar-refractivity contribution in [1.82, 2.24) is 15.5 Å². The molecule has 0 unspecified atom stereocenters. The van der Waals surface area contributed by atoms with E-state index in [1.54, 1.807) is 0 Å². The molecule has 0 radical (unpaired) electrons. The van der Waals surface area contributed by atoms with E-state index in [1.807, 2.05) is 13.8 Å². The fourth-order valence-corrected chi connectivity index (χ4v) is 3.79. The van der Waals surface area contributed by atoms with Crippen molar-refractivity contribution in [3.63, 3.8) is 0 Å². The maximum absolute atomic E-state index is 13.2. The number of alkyl halides is 2. The van der Waals surface area contributed by atoms with Crippen molar-refractivity contribution < 1.29 is 33.0 Å². The van der Waals surface area contributed by atoms with Crippen LogP contribution in [-0.2, 0) is 14.3 Å². The minimum Gasteiger partial charge on any atom is -0.388 e. The first-order chi connectivity index (χ1) is 12.6. The molecule has 0 spiro atoms. The van der Waals surface area contributed by atoms with Crippen LogP contribution >= 0.6 is 0 Å². The van der Waals surface area contributed by atoms with E-state index in [1.165, 1.54) is 0 Å². The quantitative estimate of drug-likeness (QED) is 0.623. The third-order valence-electron chi connectivity index (χ3n) is 5.09. The number of hydrogen-bond acceptors (Lipinski definition) is 5. The Hall–Kier alpha value is -1.52. The zero-order valence-corrected chi connectivity index (χ0v) is 15.5. The second-order valence-electron chi connectivity index (χ2n) is 7.80. The number of aliphatic hydroxyl groups is 1. The zero-order valence-electron chi connectivity index (χ0n) is 15.5. The summed E-state index contributed by atoms with van der Waals surface area (Å²) in [6, 6.07) is -0.347. The summed E-state index contributed by atoms with van der Waals surface area (Å²) >= 11 is 0. The molecule has 0 aromatic heterocycles. The average Bonchev–Trinajstić information content (AvgIpc) is 3.19. The van der Waals surface area contributed by atoms with Crippen LogP contribution in [0.1, 0.15) is 33.1 Å². The maximum atomic E-state index is 13.2. The maximum Gasteiger partial charge on any atom is 0.315 e. The number of hydrogen-bond donors (Lipinski definition) is 3. The molecule has 3 amide bonds. The van der Waals surface area contributed by atoms with Gasteiger partial charge in [0.15, 0.2) is 0 Å². The molecular formula is C17H27F2N3O5. The summed E-state index contributed by atoms with van der Waals surface area (Å²) in [6.45, 7) is 3.32. The van der Waals surface area contributed by atoms with Crippen molar-refractivity contribution in [3.8, 4) is 0 Å². The number of aliphatic hydroxyl groups excluding tert-OH is 1. The van der Waals surface area contributed by atoms with E-state index in [0.29, 0.717) is 6.42 Å². The van der Waals surface area contributed by atoms with Crippen LogP contribution in [0.25, 0.3) is 0 Å². The van der Waals surface area contributed by atoms with E-state index >= 15 is 0 Å². The molecule has 3 heterocycles. The average molecular weight is 391 g/mol. The van der Waals surface area contributed by atoms with Gasteiger partial charge in [0.2, 0.25) is 5.91 Å². The Morgan fingerprint density at radius 3 is 2.67 bits per heavy atom. The van der Waals surface area contributed by atoms with Crippen molar-refractivity contribution in [2.75, 3.05) is 19.6 Å². The molecule has 3 rings (SSSR count). The van der Waals surface area contributed by atoms with Gasteiger partial charge in [-0.15, -0.1) is 0 Å². The molecular weight excluding hydrogens is 364 g/mol. The number of urea groups is 1. The first-order valence-electron chi connectivity index (χ1n) is 9.33. The Balaban J connectivity index is 1.43. The number of nitrogens with zero attached hydrogens (tertiary/aromatic N) is 1. The summed E-state index contributed by atoms with van der Waals surface area (Å²) in [5.41, 5.74) is 0. The van der Waals surface area contributed by atoms with Crippen LogP contribution in [0, 0.1) is 0 Å². The summed E-state index contributed by atoms with van der Waals surface area (Å²) in [4.78, 5) is 25.0. The molecule has 0 saturated carbocycles. The van der Waals surface area contributed by atoms with Gasteiger partial charge >= 0.3 is 6.03 Å². The highest BCUT2D eigenvalue weighted by molar-refractivity contribution is 5.77. The van der Waals surface area contributed by atoms with Crippen LogP contribution in [0.4, 0.5) is 13.6 Å². The molecule has 3 aliphatic rings. The van der Waals surface area contributed by atoms with Crippen molar-refractivity contribution in [2.24, 2.45) is 0 Å². The lowest BCUT2D eigenvalue weighted by Gasteiger charge is -2.22. The van der Waals surface area contributed by atoms with E-state index in [9.17, 15) is 23.5 Å². The summed E-state index contributed by atoms with van der Waals surface area (Å²) in [5.74, 6) is -3.18. The molecule has 3 N–H and O–H groups in total. The van der Waals surface area contributed by atoms with E-state index < -0.39 is 36.9 Å². The summed E-state index contributed by atoms with van der Waals surface area (Å²) in [6.07, 6.45) is -2.84. The Morgan fingerprint density at radius 1 is 1.33 bits per heavy atom. The highest BCUT2D eigenvalue weighted by Crippen LogP contribution is 2.36. The summed E-state index contributed by atoms with van der Waals surface area (Å²) < 4.78 is 38.0. The van der Waals surface area contributed by atoms with Gasteiger partial charge < -0.3 is 30.1 Å². The van der Waals surface area contributed by atoms with Crippen molar-refractivity contribution in [3.05, 3.63) is 0 Å². The Labute approximate surface area is 156 Å². The molecule has 5 atom stereocenters. The number of rotatable bonds is 5. The van der Waals surface area contributed by atoms with Gasteiger partial charge in [0.25, 0.3) is 5.92 Å². The van der Waals surface area contributed by atoms with Gasteiger partial charge in [-0.3, -0.25) is 4.79 Å². The van der Waals surface area contributed by atoms with Gasteiger partial charge in [0.05, 0.1) is 25.2 Å². The standard InChI is InChI=1S/C17H27F2N3O5/c1-9(2)21-16(25)20-7-12-14(24)15-11(27-12)5-10(26-15)6-13(23)22-4-3-17(18,19)8-22/h9-12,14-15,24H,3-8H2,1-2H3,(H2,20,21,25)/t10-,11+,12+,14+,15-/m0/s1. The normalized spacial score (nSPS) is 34.7. The number of nitrogens with one attached hydrogen (secondary N) is 2. The number of likely N-dealkylation sites (tertiary alicyclic amines) is 1. The van der Waals surface area contributed by atoms with Gasteiger partial charge in [-0.1, -0.05) is 0 Å². The van der Waals surface area contributed by atoms with Crippen LogP contribution in [0.2, 0.25) is 0 Å². The molecule has 154 valence electrons. The van der Waals surface area contributed by atoms with Crippen LogP contribution in [0.3, 0.4) is 0 Å². The van der Waals surface area contributed by atoms with Crippen LogP contribution in [0.5, 0.6) is 0 Å². The van der Waals surface area contributed by atoms with Gasteiger partial charge in [-0.25, -0.2) is 13.6 Å². The lowest BCUT2D eigenvalue weighted by molar-refractivity contribution is -0.135. The second-order valence-corrected chi connectivity index (χ2v) is 7.80. The predicted molar refractivity (Wildman–Crippen MR) is 90.4 cm³/mol. The van der Waals surface area contributed by atoms with Crippen LogP contribution < -0.4 is 10.6 Å². The van der Waals surface area contributed by atoms with Crippen LogP contribution in [-0.4, -0.2) is 84.1 Å². The van der Waals surface area contributed by atoms with E-state index in [0.717, 1.165) is 4.90 Å². The number of carbonyl (C=O) groups is 2. The molecule has 3 fully saturated rings. The number of halogens is 2. The minimum absolute atomic E-state index is 0.00112. The van der Waals surface area contributed by atoms with E-state index in [-0.39, 0.29) is 50.0 Å². The smallest absolute Gasteiger partial charge is 0.315 e. The van der Waals surface area contributed by atoms with Crippen molar-refractivity contribution in [1.29, 1.82) is 0 Å². The fourth-order valence-electron chi connectivity index (χ4n) is 3.79. The molecule has 0 bridgehead atoms.